The van der Waals surface area contributed by atoms with E-state index in [4.69, 9.17) is 5.73 Å². The molecule has 3 amide bonds. The van der Waals surface area contributed by atoms with Crippen LogP contribution in [0.5, 0.6) is 0 Å². The molecule has 1 aromatic rings. The van der Waals surface area contributed by atoms with Crippen LogP contribution >= 0.6 is 11.8 Å². The molecule has 0 aliphatic carbocycles. The molecule has 0 saturated carbocycles. The number of primary amides is 1. The van der Waals surface area contributed by atoms with E-state index in [0.29, 0.717) is 18.1 Å². The predicted octanol–water partition coefficient (Wildman–Crippen LogP) is 1.30. The number of amides is 3. The van der Waals surface area contributed by atoms with Crippen molar-refractivity contribution in [2.24, 2.45) is 10.7 Å². The van der Waals surface area contributed by atoms with E-state index in [-0.39, 0.29) is 24.1 Å². The minimum absolute atomic E-state index is 0.0814. The second-order valence-electron chi connectivity index (χ2n) is 6.45. The van der Waals surface area contributed by atoms with Crippen LogP contribution in [-0.4, -0.2) is 52.7 Å². The van der Waals surface area contributed by atoms with E-state index in [1.165, 1.54) is 11.8 Å². The Morgan fingerprint density at radius 1 is 1.27 bits per heavy atom. The number of piperidine rings is 1. The van der Waals surface area contributed by atoms with Crippen molar-refractivity contribution in [2.45, 2.75) is 32.2 Å². The van der Waals surface area contributed by atoms with Gasteiger partial charge in [-0.3, -0.25) is 24.3 Å². The molecule has 1 atom stereocenters. The van der Waals surface area contributed by atoms with E-state index in [2.05, 4.69) is 4.99 Å². The molecule has 0 radical (unpaired) electrons. The smallest absolute Gasteiger partial charge is 0.254 e. The Labute approximate surface area is 156 Å². The lowest BCUT2D eigenvalue weighted by Crippen LogP contribution is -2.51. The highest BCUT2D eigenvalue weighted by Gasteiger charge is 2.32. The third kappa shape index (κ3) is 3.90. The number of rotatable bonds is 4. The molecule has 138 valence electrons. The summed E-state index contributed by atoms with van der Waals surface area (Å²) in [5.74, 6) is -0.600. The van der Waals surface area contributed by atoms with Crippen LogP contribution in [0, 0.1) is 6.92 Å². The van der Waals surface area contributed by atoms with Gasteiger partial charge in [0.15, 0.2) is 5.17 Å². The van der Waals surface area contributed by atoms with Crippen LogP contribution in [-0.2, 0) is 14.4 Å². The number of nitrogens with zero attached hydrogens (tertiary/aromatic N) is 3. The molecule has 0 unspecified atom stereocenters. The lowest BCUT2D eigenvalue weighted by Gasteiger charge is -2.33. The van der Waals surface area contributed by atoms with Gasteiger partial charge < -0.3 is 10.6 Å². The zero-order chi connectivity index (χ0) is 18.7. The third-order valence-electron chi connectivity index (χ3n) is 4.56. The van der Waals surface area contributed by atoms with Gasteiger partial charge in [0, 0.05) is 6.54 Å². The number of aliphatic imine (C=N–C) groups is 1. The Bertz CT molecular complexity index is 747. The van der Waals surface area contributed by atoms with Crippen molar-refractivity contribution in [2.75, 3.05) is 23.7 Å². The van der Waals surface area contributed by atoms with Crippen LogP contribution in [0.2, 0.25) is 0 Å². The van der Waals surface area contributed by atoms with Gasteiger partial charge in [-0.05, 0) is 38.3 Å². The van der Waals surface area contributed by atoms with Gasteiger partial charge in [0.05, 0.1) is 11.4 Å². The van der Waals surface area contributed by atoms with Gasteiger partial charge in [-0.25, -0.2) is 0 Å². The molecule has 0 spiro atoms. The van der Waals surface area contributed by atoms with Crippen molar-refractivity contribution in [1.29, 1.82) is 0 Å². The van der Waals surface area contributed by atoms with Gasteiger partial charge in [-0.1, -0.05) is 29.5 Å². The fourth-order valence-electron chi connectivity index (χ4n) is 3.18. The number of nitrogens with two attached hydrogens (primary N) is 1. The average molecular weight is 374 g/mol. The summed E-state index contributed by atoms with van der Waals surface area (Å²) in [6.07, 6.45) is 2.38. The molecule has 2 aliphatic heterocycles. The van der Waals surface area contributed by atoms with Gasteiger partial charge in [0.25, 0.3) is 5.91 Å². The highest BCUT2D eigenvalue weighted by Crippen LogP contribution is 2.25. The fraction of sp³-hybridized carbons (Fsp3) is 0.444. The maximum absolute atomic E-state index is 12.6. The standard InChI is InChI=1S/C18H22N4O3S/c1-12-5-7-13(8-6-12)22-15(23)10-20-18(22)26-11-16(24)21-9-3-2-4-14(21)17(19)25/h5-8,14H,2-4,9-11H2,1H3,(H2,19,25)/t14-/m0/s1. The molecule has 2 heterocycles. The van der Waals surface area contributed by atoms with Crippen LogP contribution in [0.3, 0.4) is 0 Å². The maximum atomic E-state index is 12.6. The molecule has 8 heteroatoms. The SMILES string of the molecule is Cc1ccc(N2C(=O)CN=C2SCC(=O)N2CCCC[C@H]2C(N)=O)cc1. The minimum Gasteiger partial charge on any atom is -0.368 e. The van der Waals surface area contributed by atoms with Crippen molar-refractivity contribution in [3.8, 4) is 0 Å². The molecule has 1 aromatic carbocycles. The number of aryl methyl sites for hydroxylation is 1. The van der Waals surface area contributed by atoms with E-state index in [1.807, 2.05) is 31.2 Å². The summed E-state index contributed by atoms with van der Waals surface area (Å²) in [7, 11) is 0. The van der Waals surface area contributed by atoms with Gasteiger partial charge in [-0.15, -0.1) is 0 Å². The lowest BCUT2D eigenvalue weighted by atomic mass is 10.0. The number of benzene rings is 1. The lowest BCUT2D eigenvalue weighted by molar-refractivity contribution is -0.138. The number of anilines is 1. The van der Waals surface area contributed by atoms with Gasteiger partial charge in [-0.2, -0.15) is 0 Å². The van der Waals surface area contributed by atoms with E-state index < -0.39 is 11.9 Å². The topological polar surface area (TPSA) is 96.1 Å². The summed E-state index contributed by atoms with van der Waals surface area (Å²) in [4.78, 5) is 43.7. The molecule has 7 nitrogen and oxygen atoms in total. The number of carbonyl (C=O) groups is 3. The number of likely N-dealkylation sites (tertiary alicyclic amines) is 1. The molecule has 1 fully saturated rings. The monoisotopic (exact) mass is 374 g/mol. The highest BCUT2D eigenvalue weighted by molar-refractivity contribution is 8.14. The summed E-state index contributed by atoms with van der Waals surface area (Å²) >= 11 is 1.22. The second-order valence-corrected chi connectivity index (χ2v) is 7.40. The van der Waals surface area contributed by atoms with Crippen LogP contribution in [0.15, 0.2) is 29.3 Å². The Morgan fingerprint density at radius 2 is 2.00 bits per heavy atom. The predicted molar refractivity (Wildman–Crippen MR) is 102 cm³/mol. The first-order chi connectivity index (χ1) is 12.5. The van der Waals surface area contributed by atoms with Crippen molar-refractivity contribution >= 4 is 40.3 Å². The first kappa shape index (κ1) is 18.4. The average Bonchev–Trinajstić information content (AvgIpc) is 3.01. The summed E-state index contributed by atoms with van der Waals surface area (Å²) in [6.45, 7) is 2.60. The van der Waals surface area contributed by atoms with E-state index in [9.17, 15) is 14.4 Å². The van der Waals surface area contributed by atoms with Crippen LogP contribution in [0.1, 0.15) is 24.8 Å². The summed E-state index contributed by atoms with van der Waals surface area (Å²) in [6, 6.07) is 7.06. The number of hydrogen-bond acceptors (Lipinski definition) is 5. The van der Waals surface area contributed by atoms with Crippen molar-refractivity contribution in [1.82, 2.24) is 4.90 Å². The van der Waals surface area contributed by atoms with Gasteiger partial charge in [0.1, 0.15) is 12.6 Å². The Kier molecular flexibility index (Phi) is 5.61. The molecular formula is C18H22N4O3S. The number of hydrogen-bond donors (Lipinski definition) is 1. The second kappa shape index (κ2) is 7.90. The van der Waals surface area contributed by atoms with E-state index in [0.717, 1.165) is 24.1 Å². The quantitative estimate of drug-likeness (QED) is 0.859. The molecule has 26 heavy (non-hydrogen) atoms. The number of carbonyl (C=O) groups excluding carboxylic acids is 3. The zero-order valence-corrected chi connectivity index (χ0v) is 15.5. The van der Waals surface area contributed by atoms with Crippen LogP contribution < -0.4 is 10.6 Å². The van der Waals surface area contributed by atoms with Gasteiger partial charge in [0.2, 0.25) is 11.8 Å². The van der Waals surface area contributed by atoms with Gasteiger partial charge >= 0.3 is 0 Å². The molecule has 0 bridgehead atoms. The third-order valence-corrected chi connectivity index (χ3v) is 5.52. The normalized spacial score (nSPS) is 20.3. The zero-order valence-electron chi connectivity index (χ0n) is 14.7. The molecule has 0 aromatic heterocycles. The highest BCUT2D eigenvalue weighted by atomic mass is 32.2. The molecule has 3 rings (SSSR count). The minimum atomic E-state index is -0.530. The first-order valence-electron chi connectivity index (χ1n) is 8.63. The van der Waals surface area contributed by atoms with Crippen LogP contribution in [0.25, 0.3) is 0 Å². The summed E-state index contributed by atoms with van der Waals surface area (Å²) in [5.41, 5.74) is 7.27. The Morgan fingerprint density at radius 3 is 2.69 bits per heavy atom. The van der Waals surface area contributed by atoms with E-state index >= 15 is 0 Å². The Hall–Kier alpha value is -2.35. The molecule has 2 aliphatic rings. The number of amidine groups is 1. The Balaban J connectivity index is 1.66. The molecule has 2 N–H and O–H groups in total. The van der Waals surface area contributed by atoms with Crippen LogP contribution in [0.4, 0.5) is 5.69 Å². The van der Waals surface area contributed by atoms with Crippen molar-refractivity contribution in [3.63, 3.8) is 0 Å². The largest absolute Gasteiger partial charge is 0.368 e. The first-order valence-corrected chi connectivity index (χ1v) is 9.61. The molecular weight excluding hydrogens is 352 g/mol. The van der Waals surface area contributed by atoms with Crippen molar-refractivity contribution in [3.05, 3.63) is 29.8 Å². The van der Waals surface area contributed by atoms with Crippen molar-refractivity contribution < 1.29 is 14.4 Å². The fourth-order valence-corrected chi connectivity index (χ4v) is 4.09. The molecule has 1 saturated heterocycles. The summed E-state index contributed by atoms with van der Waals surface area (Å²) < 4.78 is 0. The number of thioether (sulfide) groups is 1. The summed E-state index contributed by atoms with van der Waals surface area (Å²) in [5, 5.41) is 0.514. The van der Waals surface area contributed by atoms with E-state index in [1.54, 1.807) is 9.80 Å². The maximum Gasteiger partial charge on any atom is 0.254 e.